The van der Waals surface area contributed by atoms with Gasteiger partial charge in [-0.3, -0.25) is 8.37 Å². The molecular weight excluding hydrogens is 388 g/mol. The van der Waals surface area contributed by atoms with E-state index in [2.05, 4.69) is 0 Å². The van der Waals surface area contributed by atoms with Crippen molar-refractivity contribution in [2.45, 2.75) is 43.6 Å². The fourth-order valence-corrected chi connectivity index (χ4v) is 4.29. The summed E-state index contributed by atoms with van der Waals surface area (Å²) >= 11 is 0. The fraction of sp³-hybridized carbons (Fsp3) is 0.368. The molecule has 2 aromatic carbocycles. The molecule has 0 aliphatic carbocycles. The summed E-state index contributed by atoms with van der Waals surface area (Å²) in [7, 11) is -8.04. The van der Waals surface area contributed by atoms with Gasteiger partial charge >= 0.3 is 0 Å². The standard InChI is InChI=1S/C19H24O6S2/c1-14(2)19(25-27(22,23)18-11-7-16(4)8-12-18)13-24-26(20,21)17-9-5-15(3)6-10-17/h5-12,14,19H,13H2,1-4H3/t19-/m1/s1. The predicted molar refractivity (Wildman–Crippen MR) is 102 cm³/mol. The molecule has 0 aliphatic rings. The van der Waals surface area contributed by atoms with E-state index in [0.717, 1.165) is 11.1 Å². The number of hydrogen-bond acceptors (Lipinski definition) is 6. The molecule has 0 aromatic heterocycles. The zero-order chi connectivity index (χ0) is 20.2. The van der Waals surface area contributed by atoms with Gasteiger partial charge in [-0.1, -0.05) is 49.2 Å². The maximum atomic E-state index is 12.5. The van der Waals surface area contributed by atoms with E-state index in [0.29, 0.717) is 0 Å². The van der Waals surface area contributed by atoms with Gasteiger partial charge in [0.05, 0.1) is 16.4 Å². The first-order valence-electron chi connectivity index (χ1n) is 8.47. The first-order valence-corrected chi connectivity index (χ1v) is 11.3. The molecule has 0 fully saturated rings. The van der Waals surface area contributed by atoms with Crippen molar-refractivity contribution in [1.82, 2.24) is 0 Å². The molecule has 0 N–H and O–H groups in total. The monoisotopic (exact) mass is 412 g/mol. The van der Waals surface area contributed by atoms with Gasteiger partial charge in [0.15, 0.2) is 0 Å². The molecular formula is C19H24O6S2. The largest absolute Gasteiger partial charge is 0.297 e. The van der Waals surface area contributed by atoms with Crippen molar-refractivity contribution in [3.8, 4) is 0 Å². The lowest BCUT2D eigenvalue weighted by Gasteiger charge is -2.20. The SMILES string of the molecule is Cc1ccc(S(=O)(=O)OC[C@@H](OS(=O)(=O)c2ccc(C)cc2)C(C)C)cc1. The molecule has 6 nitrogen and oxygen atoms in total. The average Bonchev–Trinajstić information content (AvgIpc) is 2.59. The molecule has 0 saturated heterocycles. The molecule has 148 valence electrons. The van der Waals surface area contributed by atoms with Crippen LogP contribution in [0.25, 0.3) is 0 Å². The van der Waals surface area contributed by atoms with Crippen LogP contribution < -0.4 is 0 Å². The molecule has 0 unspecified atom stereocenters. The van der Waals surface area contributed by atoms with Crippen LogP contribution in [0.5, 0.6) is 0 Å². The highest BCUT2D eigenvalue weighted by Gasteiger charge is 2.27. The molecule has 0 bridgehead atoms. The third-order valence-electron chi connectivity index (χ3n) is 4.00. The third kappa shape index (κ3) is 5.87. The summed E-state index contributed by atoms with van der Waals surface area (Å²) in [4.78, 5) is 0.0251. The molecule has 0 saturated carbocycles. The Kier molecular flexibility index (Phi) is 6.80. The van der Waals surface area contributed by atoms with E-state index in [1.807, 2.05) is 13.8 Å². The van der Waals surface area contributed by atoms with E-state index in [-0.39, 0.29) is 15.7 Å². The van der Waals surface area contributed by atoms with E-state index in [1.54, 1.807) is 38.1 Å². The summed E-state index contributed by atoms with van der Waals surface area (Å²) in [6.45, 7) is 6.75. The Morgan fingerprint density at radius 1 is 0.741 bits per heavy atom. The van der Waals surface area contributed by atoms with Gasteiger partial charge in [-0.05, 0) is 44.0 Å². The van der Waals surface area contributed by atoms with Gasteiger partial charge < -0.3 is 0 Å². The Morgan fingerprint density at radius 3 is 1.56 bits per heavy atom. The molecule has 8 heteroatoms. The van der Waals surface area contributed by atoms with Crippen LogP contribution in [0.3, 0.4) is 0 Å². The number of aryl methyl sites for hydroxylation is 2. The highest BCUT2D eigenvalue weighted by atomic mass is 32.2. The van der Waals surface area contributed by atoms with Crippen LogP contribution in [0.2, 0.25) is 0 Å². The molecule has 0 aliphatic heterocycles. The Bertz CT molecular complexity index is 960. The van der Waals surface area contributed by atoms with Crippen molar-refractivity contribution in [1.29, 1.82) is 0 Å². The molecule has 0 spiro atoms. The Morgan fingerprint density at radius 2 is 1.15 bits per heavy atom. The topological polar surface area (TPSA) is 86.7 Å². The Hall–Kier alpha value is -1.74. The Balaban J connectivity index is 2.13. The molecule has 27 heavy (non-hydrogen) atoms. The second kappa shape index (κ2) is 8.52. The molecule has 0 amide bonds. The minimum absolute atomic E-state index is 0.0111. The fourth-order valence-electron chi connectivity index (χ4n) is 2.18. The Labute approximate surface area is 161 Å². The van der Waals surface area contributed by atoms with Gasteiger partial charge in [0.25, 0.3) is 20.2 Å². The van der Waals surface area contributed by atoms with Crippen molar-refractivity contribution in [2.75, 3.05) is 6.61 Å². The van der Waals surface area contributed by atoms with Crippen LogP contribution in [0.1, 0.15) is 25.0 Å². The van der Waals surface area contributed by atoms with Crippen LogP contribution in [0.4, 0.5) is 0 Å². The lowest BCUT2D eigenvalue weighted by molar-refractivity contribution is 0.0997. The smallest absolute Gasteiger partial charge is 0.264 e. The van der Waals surface area contributed by atoms with E-state index < -0.39 is 32.9 Å². The van der Waals surface area contributed by atoms with Crippen molar-refractivity contribution in [2.24, 2.45) is 5.92 Å². The van der Waals surface area contributed by atoms with E-state index in [9.17, 15) is 16.8 Å². The first kappa shape index (κ1) is 21.6. The zero-order valence-electron chi connectivity index (χ0n) is 15.7. The van der Waals surface area contributed by atoms with Gasteiger partial charge in [-0.2, -0.15) is 16.8 Å². The second-order valence-electron chi connectivity index (χ2n) is 6.70. The van der Waals surface area contributed by atoms with Crippen molar-refractivity contribution in [3.63, 3.8) is 0 Å². The molecule has 0 heterocycles. The molecule has 1 atom stereocenters. The van der Waals surface area contributed by atoms with Crippen LogP contribution in [-0.2, 0) is 28.6 Å². The number of rotatable bonds is 8. The van der Waals surface area contributed by atoms with Crippen molar-refractivity contribution >= 4 is 20.2 Å². The van der Waals surface area contributed by atoms with Crippen LogP contribution in [-0.4, -0.2) is 29.5 Å². The highest BCUT2D eigenvalue weighted by Crippen LogP contribution is 2.21. The summed E-state index contributed by atoms with van der Waals surface area (Å²) in [6, 6.07) is 12.4. The lowest BCUT2D eigenvalue weighted by atomic mass is 10.1. The summed E-state index contributed by atoms with van der Waals surface area (Å²) in [5.74, 6) is -0.279. The van der Waals surface area contributed by atoms with Gasteiger partial charge in [0.2, 0.25) is 0 Å². The molecule has 2 aromatic rings. The van der Waals surface area contributed by atoms with Crippen LogP contribution in [0.15, 0.2) is 58.3 Å². The number of hydrogen-bond donors (Lipinski definition) is 0. The summed E-state index contributed by atoms with van der Waals surface area (Å²) in [5.41, 5.74) is 1.84. The maximum absolute atomic E-state index is 12.5. The molecule has 0 radical (unpaired) electrons. The summed E-state index contributed by atoms with van der Waals surface area (Å²) in [6.07, 6.45) is -0.948. The molecule has 2 rings (SSSR count). The minimum atomic E-state index is -4.03. The van der Waals surface area contributed by atoms with Crippen molar-refractivity contribution in [3.05, 3.63) is 59.7 Å². The zero-order valence-corrected chi connectivity index (χ0v) is 17.4. The second-order valence-corrected chi connectivity index (χ2v) is 9.89. The van der Waals surface area contributed by atoms with Crippen LogP contribution >= 0.6 is 0 Å². The normalized spacial score (nSPS) is 13.7. The minimum Gasteiger partial charge on any atom is -0.264 e. The van der Waals surface area contributed by atoms with Gasteiger partial charge in [-0.25, -0.2) is 0 Å². The highest BCUT2D eigenvalue weighted by molar-refractivity contribution is 7.87. The quantitative estimate of drug-likeness (QED) is 0.617. The summed E-state index contributed by atoms with van der Waals surface area (Å²) < 4.78 is 59.9. The average molecular weight is 413 g/mol. The van der Waals surface area contributed by atoms with E-state index in [4.69, 9.17) is 8.37 Å². The van der Waals surface area contributed by atoms with Gasteiger partial charge in [-0.15, -0.1) is 0 Å². The lowest BCUT2D eigenvalue weighted by Crippen LogP contribution is -2.30. The van der Waals surface area contributed by atoms with Gasteiger partial charge in [0, 0.05) is 0 Å². The summed E-state index contributed by atoms with van der Waals surface area (Å²) in [5, 5.41) is 0. The van der Waals surface area contributed by atoms with E-state index in [1.165, 1.54) is 24.3 Å². The van der Waals surface area contributed by atoms with Crippen LogP contribution in [0, 0.1) is 19.8 Å². The third-order valence-corrected chi connectivity index (χ3v) is 6.65. The number of benzene rings is 2. The maximum Gasteiger partial charge on any atom is 0.297 e. The van der Waals surface area contributed by atoms with Crippen molar-refractivity contribution < 1.29 is 25.2 Å². The first-order chi connectivity index (χ1) is 12.5. The van der Waals surface area contributed by atoms with Gasteiger partial charge in [0.1, 0.15) is 6.10 Å². The van der Waals surface area contributed by atoms with E-state index >= 15 is 0 Å². The predicted octanol–water partition coefficient (Wildman–Crippen LogP) is 3.44.